The Morgan fingerprint density at radius 2 is 1.88 bits per heavy atom. The summed E-state index contributed by atoms with van der Waals surface area (Å²) < 4.78 is 45.4. The number of aromatic nitrogens is 3. The second kappa shape index (κ2) is 8.77. The molecule has 1 atom stereocenters. The second-order valence-electron chi connectivity index (χ2n) is 7.51. The lowest BCUT2D eigenvalue weighted by Crippen LogP contribution is -2.17. The third-order valence-electron chi connectivity index (χ3n) is 4.91. The molecule has 1 aromatic carbocycles. The number of hydrogen-bond donors (Lipinski definition) is 2. The molecule has 0 spiro atoms. The van der Waals surface area contributed by atoms with Gasteiger partial charge in [-0.05, 0) is 31.5 Å². The van der Waals surface area contributed by atoms with E-state index in [1.807, 2.05) is 0 Å². The number of thiazole rings is 1. The van der Waals surface area contributed by atoms with Gasteiger partial charge in [-0.3, -0.25) is 9.59 Å². The van der Waals surface area contributed by atoms with Crippen molar-refractivity contribution in [2.45, 2.75) is 26.2 Å². The maximum Gasteiger partial charge on any atom is 0.267 e. The van der Waals surface area contributed by atoms with Crippen molar-refractivity contribution in [3.8, 4) is 5.88 Å². The zero-order chi connectivity index (χ0) is 23.8. The van der Waals surface area contributed by atoms with Crippen molar-refractivity contribution >= 4 is 34.7 Å². The molecule has 2 amide bonds. The lowest BCUT2D eigenvalue weighted by atomic mass is 10.1. The Morgan fingerprint density at radius 1 is 1.12 bits per heavy atom. The normalized spacial score (nSPS) is 16.2. The van der Waals surface area contributed by atoms with Crippen molar-refractivity contribution < 1.29 is 27.5 Å². The highest BCUT2D eigenvalue weighted by atomic mass is 32.1. The van der Waals surface area contributed by atoms with Gasteiger partial charge in [0.15, 0.2) is 5.82 Å². The molecule has 3 aromatic rings. The maximum atomic E-state index is 14.5. The number of nitrogens with one attached hydrogen (secondary N) is 2. The van der Waals surface area contributed by atoms with Crippen molar-refractivity contribution in [2.75, 3.05) is 17.2 Å². The quantitative estimate of drug-likeness (QED) is 0.528. The van der Waals surface area contributed by atoms with Crippen LogP contribution < -0.4 is 15.4 Å². The zero-order valence-corrected chi connectivity index (χ0v) is 18.3. The van der Waals surface area contributed by atoms with Crippen LogP contribution in [0.2, 0.25) is 0 Å². The topological polar surface area (TPSA) is 106 Å². The predicted molar refractivity (Wildman–Crippen MR) is 114 cm³/mol. The van der Waals surface area contributed by atoms with Gasteiger partial charge in [-0.25, -0.2) is 28.1 Å². The zero-order valence-electron chi connectivity index (χ0n) is 17.5. The second-order valence-corrected chi connectivity index (χ2v) is 8.75. The highest BCUT2D eigenvalue weighted by Gasteiger charge is 2.57. The Morgan fingerprint density at radius 3 is 2.48 bits per heavy atom. The molecule has 0 radical (unpaired) electrons. The number of hydrogen-bond acceptors (Lipinski definition) is 7. The van der Waals surface area contributed by atoms with Gasteiger partial charge >= 0.3 is 0 Å². The third kappa shape index (κ3) is 5.28. The van der Waals surface area contributed by atoms with Gasteiger partial charge in [0, 0.05) is 12.1 Å². The Labute approximate surface area is 190 Å². The third-order valence-corrected chi connectivity index (χ3v) is 5.82. The minimum Gasteiger partial charge on any atom is -0.476 e. The number of rotatable bonds is 7. The number of anilines is 2. The molecule has 0 saturated heterocycles. The maximum absolute atomic E-state index is 14.5. The van der Waals surface area contributed by atoms with Crippen LogP contribution in [0.25, 0.3) is 0 Å². The van der Waals surface area contributed by atoms with E-state index in [1.165, 1.54) is 36.0 Å². The van der Waals surface area contributed by atoms with Crippen molar-refractivity contribution in [3.63, 3.8) is 0 Å². The summed E-state index contributed by atoms with van der Waals surface area (Å²) in [6.07, 6.45) is 3.55. The number of benzene rings is 1. The van der Waals surface area contributed by atoms with Gasteiger partial charge in [0.25, 0.3) is 17.7 Å². The van der Waals surface area contributed by atoms with E-state index in [9.17, 15) is 22.8 Å². The first-order chi connectivity index (χ1) is 15.6. The smallest absolute Gasteiger partial charge is 0.267 e. The van der Waals surface area contributed by atoms with Crippen LogP contribution >= 0.6 is 11.3 Å². The molecular weight excluding hydrogens is 459 g/mol. The molecule has 12 heteroatoms. The van der Waals surface area contributed by atoms with Crippen LogP contribution in [0.3, 0.4) is 0 Å². The molecular formula is C21H18F3N5O3S. The molecule has 2 N–H and O–H groups in total. The van der Waals surface area contributed by atoms with Gasteiger partial charge in [-0.15, -0.1) is 11.3 Å². The van der Waals surface area contributed by atoms with Gasteiger partial charge < -0.3 is 15.4 Å². The standard InChI is InChI=1S/C21H18F3N5O3S/c1-10-3-14(22)13(4-15(10)28-20(31)16-6-25-11(2)33-16)19(30)29-17-7-27-18(8-26-17)32-9-12-5-21(12,23)24/h3-4,6-8,12H,5,9H2,1-2H3,(H,28,31)(H,26,29,30)/t12-/m0/s1. The van der Waals surface area contributed by atoms with Crippen LogP contribution in [0.5, 0.6) is 5.88 Å². The summed E-state index contributed by atoms with van der Waals surface area (Å²) in [5.41, 5.74) is 0.389. The molecule has 33 heavy (non-hydrogen) atoms. The van der Waals surface area contributed by atoms with Gasteiger partial charge in [0.2, 0.25) is 5.88 Å². The van der Waals surface area contributed by atoms with E-state index in [1.54, 1.807) is 13.8 Å². The van der Waals surface area contributed by atoms with E-state index in [0.29, 0.717) is 10.4 Å². The SMILES string of the molecule is Cc1ncc(C(=O)Nc2cc(C(=O)Nc3cnc(OC[C@@H]4CC4(F)F)cn3)c(F)cc2C)s1. The van der Waals surface area contributed by atoms with Crippen molar-refractivity contribution in [3.05, 3.63) is 57.6 Å². The summed E-state index contributed by atoms with van der Waals surface area (Å²) in [5.74, 6) is -5.51. The average molecular weight is 477 g/mol. The number of carbonyl (C=O) groups excluding carboxylic acids is 2. The van der Waals surface area contributed by atoms with Crippen LogP contribution in [0.1, 0.15) is 37.0 Å². The number of nitrogens with zero attached hydrogens (tertiary/aromatic N) is 3. The van der Waals surface area contributed by atoms with Gasteiger partial charge in [-0.1, -0.05) is 0 Å². The van der Waals surface area contributed by atoms with E-state index in [-0.39, 0.29) is 36.0 Å². The Kier molecular flexibility index (Phi) is 6.02. The molecule has 2 aromatic heterocycles. The summed E-state index contributed by atoms with van der Waals surface area (Å²) in [4.78, 5) is 37.2. The minimum absolute atomic E-state index is 0.00907. The molecule has 0 aliphatic heterocycles. The number of ether oxygens (including phenoxy) is 1. The highest BCUT2D eigenvalue weighted by molar-refractivity contribution is 7.13. The molecule has 0 unspecified atom stereocenters. The number of carbonyl (C=O) groups is 2. The van der Waals surface area contributed by atoms with E-state index >= 15 is 0 Å². The molecule has 1 aliphatic rings. The van der Waals surface area contributed by atoms with Crippen LogP contribution in [-0.2, 0) is 0 Å². The van der Waals surface area contributed by atoms with Gasteiger partial charge in [0.1, 0.15) is 10.7 Å². The number of alkyl halides is 2. The first-order valence-electron chi connectivity index (χ1n) is 9.80. The molecule has 0 bridgehead atoms. The lowest BCUT2D eigenvalue weighted by Gasteiger charge is -2.11. The summed E-state index contributed by atoms with van der Waals surface area (Å²) in [5, 5.41) is 5.78. The molecule has 1 fully saturated rings. The minimum atomic E-state index is -2.70. The summed E-state index contributed by atoms with van der Waals surface area (Å²) in [6, 6.07) is 2.37. The van der Waals surface area contributed by atoms with Crippen molar-refractivity contribution in [1.29, 1.82) is 0 Å². The fraction of sp³-hybridized carbons (Fsp3) is 0.286. The molecule has 1 aliphatic carbocycles. The Balaban J connectivity index is 1.42. The van der Waals surface area contributed by atoms with Crippen LogP contribution in [0.4, 0.5) is 24.7 Å². The Bertz CT molecular complexity index is 1220. The largest absolute Gasteiger partial charge is 0.476 e. The van der Waals surface area contributed by atoms with E-state index in [0.717, 1.165) is 11.1 Å². The summed E-state index contributed by atoms with van der Waals surface area (Å²) in [7, 11) is 0. The fourth-order valence-corrected chi connectivity index (χ4v) is 3.58. The Hall–Kier alpha value is -3.54. The molecule has 4 rings (SSSR count). The van der Waals surface area contributed by atoms with E-state index < -0.39 is 29.5 Å². The summed E-state index contributed by atoms with van der Waals surface area (Å²) in [6.45, 7) is 3.18. The fourth-order valence-electron chi connectivity index (χ4n) is 2.91. The molecule has 1 saturated carbocycles. The monoisotopic (exact) mass is 477 g/mol. The van der Waals surface area contributed by atoms with Crippen LogP contribution in [-0.4, -0.2) is 39.3 Å². The highest BCUT2D eigenvalue weighted by Crippen LogP contribution is 2.48. The number of halogens is 3. The number of amides is 2. The van der Waals surface area contributed by atoms with Crippen molar-refractivity contribution in [1.82, 2.24) is 15.0 Å². The van der Waals surface area contributed by atoms with Crippen LogP contribution in [0, 0.1) is 25.6 Å². The average Bonchev–Trinajstić information content (AvgIpc) is 3.14. The van der Waals surface area contributed by atoms with Crippen LogP contribution in [0.15, 0.2) is 30.7 Å². The van der Waals surface area contributed by atoms with E-state index in [2.05, 4.69) is 25.6 Å². The molecule has 172 valence electrons. The molecule has 2 heterocycles. The van der Waals surface area contributed by atoms with Gasteiger partial charge in [0.05, 0.1) is 41.7 Å². The van der Waals surface area contributed by atoms with E-state index in [4.69, 9.17) is 4.74 Å². The van der Waals surface area contributed by atoms with Gasteiger partial charge in [-0.2, -0.15) is 0 Å². The first kappa shape index (κ1) is 22.6. The first-order valence-corrected chi connectivity index (χ1v) is 10.6. The predicted octanol–water partition coefficient (Wildman–Crippen LogP) is 4.23. The lowest BCUT2D eigenvalue weighted by molar-refractivity contribution is 0.0848. The van der Waals surface area contributed by atoms with Crippen molar-refractivity contribution in [2.24, 2.45) is 5.92 Å². The summed E-state index contributed by atoms with van der Waals surface area (Å²) >= 11 is 1.21. The molecule has 8 nitrogen and oxygen atoms in total. The number of aryl methyl sites for hydroxylation is 2.